The van der Waals surface area contributed by atoms with E-state index in [1.54, 1.807) is 4.90 Å². The standard InChI is InChI=1S/C24H31FN2O3/c1-4-22(24(29)26-16-18(2)3)27(15-14-19-8-6-5-7-9-19)23(28)17-30-21-12-10-20(25)11-13-21/h5-13,18,22H,4,14-17H2,1-3H3,(H,26,29). The normalized spacial score (nSPS) is 11.8. The van der Waals surface area contributed by atoms with Gasteiger partial charge in [-0.3, -0.25) is 9.59 Å². The van der Waals surface area contributed by atoms with E-state index in [2.05, 4.69) is 5.32 Å². The van der Waals surface area contributed by atoms with Crippen molar-refractivity contribution in [1.82, 2.24) is 10.2 Å². The summed E-state index contributed by atoms with van der Waals surface area (Å²) < 4.78 is 18.6. The van der Waals surface area contributed by atoms with Crippen LogP contribution in [0.4, 0.5) is 4.39 Å². The summed E-state index contributed by atoms with van der Waals surface area (Å²) in [5.74, 6) is -0.0750. The number of amides is 2. The lowest BCUT2D eigenvalue weighted by molar-refractivity contribution is -0.142. The first-order chi connectivity index (χ1) is 14.4. The molecule has 2 aromatic carbocycles. The van der Waals surface area contributed by atoms with Crippen LogP contribution in [0.15, 0.2) is 54.6 Å². The number of ether oxygens (including phenoxy) is 1. The SMILES string of the molecule is CCC(C(=O)NCC(C)C)N(CCc1ccccc1)C(=O)COc1ccc(F)cc1. The monoisotopic (exact) mass is 414 g/mol. The summed E-state index contributed by atoms with van der Waals surface area (Å²) in [5, 5.41) is 2.93. The first kappa shape index (κ1) is 23.4. The van der Waals surface area contributed by atoms with Gasteiger partial charge in [0.2, 0.25) is 5.91 Å². The van der Waals surface area contributed by atoms with Gasteiger partial charge in [-0.05, 0) is 48.6 Å². The summed E-state index contributed by atoms with van der Waals surface area (Å²) in [5.41, 5.74) is 1.09. The average molecular weight is 415 g/mol. The Morgan fingerprint density at radius 1 is 1.07 bits per heavy atom. The molecule has 1 atom stereocenters. The van der Waals surface area contributed by atoms with Crippen molar-refractivity contribution < 1.29 is 18.7 Å². The highest BCUT2D eigenvalue weighted by atomic mass is 19.1. The zero-order valence-electron chi connectivity index (χ0n) is 17.9. The molecule has 0 saturated heterocycles. The Morgan fingerprint density at radius 3 is 2.33 bits per heavy atom. The van der Waals surface area contributed by atoms with Gasteiger partial charge in [0.05, 0.1) is 0 Å². The lowest BCUT2D eigenvalue weighted by Crippen LogP contribution is -2.51. The fourth-order valence-electron chi connectivity index (χ4n) is 3.08. The third kappa shape index (κ3) is 7.50. The van der Waals surface area contributed by atoms with Crippen LogP contribution in [-0.4, -0.2) is 42.5 Å². The quantitative estimate of drug-likeness (QED) is 0.608. The number of benzene rings is 2. The third-order valence-electron chi connectivity index (χ3n) is 4.73. The summed E-state index contributed by atoms with van der Waals surface area (Å²) in [4.78, 5) is 27.3. The molecule has 0 bridgehead atoms. The highest BCUT2D eigenvalue weighted by Crippen LogP contribution is 2.13. The fraction of sp³-hybridized carbons (Fsp3) is 0.417. The topological polar surface area (TPSA) is 58.6 Å². The number of carbonyl (C=O) groups is 2. The van der Waals surface area contributed by atoms with E-state index in [9.17, 15) is 14.0 Å². The molecule has 0 radical (unpaired) electrons. The number of rotatable bonds is 11. The molecule has 0 aliphatic rings. The van der Waals surface area contributed by atoms with Crippen molar-refractivity contribution >= 4 is 11.8 Å². The molecular formula is C24H31FN2O3. The van der Waals surface area contributed by atoms with E-state index in [1.807, 2.05) is 51.1 Å². The van der Waals surface area contributed by atoms with Gasteiger partial charge in [0.1, 0.15) is 17.6 Å². The first-order valence-electron chi connectivity index (χ1n) is 10.4. The van der Waals surface area contributed by atoms with E-state index in [-0.39, 0.29) is 24.2 Å². The van der Waals surface area contributed by atoms with Crippen LogP contribution in [0.1, 0.15) is 32.8 Å². The Balaban J connectivity index is 2.09. The predicted molar refractivity (Wildman–Crippen MR) is 116 cm³/mol. The Morgan fingerprint density at radius 2 is 1.73 bits per heavy atom. The Labute approximate surface area is 178 Å². The second-order valence-electron chi connectivity index (χ2n) is 7.63. The summed E-state index contributed by atoms with van der Waals surface area (Å²) in [7, 11) is 0. The van der Waals surface area contributed by atoms with Gasteiger partial charge in [-0.25, -0.2) is 4.39 Å². The number of hydrogen-bond acceptors (Lipinski definition) is 3. The van der Waals surface area contributed by atoms with Gasteiger partial charge in [-0.2, -0.15) is 0 Å². The van der Waals surface area contributed by atoms with Gasteiger partial charge in [0, 0.05) is 13.1 Å². The van der Waals surface area contributed by atoms with Crippen molar-refractivity contribution in [3.63, 3.8) is 0 Å². The third-order valence-corrected chi connectivity index (χ3v) is 4.73. The van der Waals surface area contributed by atoms with Crippen molar-refractivity contribution in [3.8, 4) is 5.75 Å². The molecule has 2 aromatic rings. The zero-order valence-corrected chi connectivity index (χ0v) is 17.9. The van der Waals surface area contributed by atoms with Crippen molar-refractivity contribution in [2.45, 2.75) is 39.7 Å². The van der Waals surface area contributed by atoms with E-state index in [4.69, 9.17) is 4.74 Å². The summed E-state index contributed by atoms with van der Waals surface area (Å²) in [6, 6.07) is 14.8. The van der Waals surface area contributed by atoms with E-state index in [0.29, 0.717) is 37.6 Å². The second kappa shape index (κ2) is 12.0. The molecule has 2 amide bonds. The average Bonchev–Trinajstić information content (AvgIpc) is 2.75. The molecule has 0 aliphatic carbocycles. The van der Waals surface area contributed by atoms with Crippen LogP contribution in [0.3, 0.4) is 0 Å². The van der Waals surface area contributed by atoms with E-state index < -0.39 is 6.04 Å². The molecule has 0 spiro atoms. The maximum absolute atomic E-state index is 13.1. The van der Waals surface area contributed by atoms with Crippen LogP contribution in [0, 0.1) is 11.7 Å². The molecule has 5 nitrogen and oxygen atoms in total. The molecule has 0 aromatic heterocycles. The Bertz CT molecular complexity index is 794. The van der Waals surface area contributed by atoms with E-state index in [0.717, 1.165) is 5.56 Å². The van der Waals surface area contributed by atoms with Crippen LogP contribution in [0.5, 0.6) is 5.75 Å². The lowest BCUT2D eigenvalue weighted by atomic mass is 10.1. The van der Waals surface area contributed by atoms with Gasteiger partial charge in [-0.1, -0.05) is 51.1 Å². The molecule has 0 saturated carbocycles. The van der Waals surface area contributed by atoms with Gasteiger partial charge in [0.15, 0.2) is 6.61 Å². The maximum Gasteiger partial charge on any atom is 0.261 e. The second-order valence-corrected chi connectivity index (χ2v) is 7.63. The van der Waals surface area contributed by atoms with Crippen molar-refractivity contribution in [2.24, 2.45) is 5.92 Å². The minimum Gasteiger partial charge on any atom is -0.484 e. The summed E-state index contributed by atoms with van der Waals surface area (Å²) >= 11 is 0. The number of halogens is 1. The van der Waals surface area contributed by atoms with Gasteiger partial charge < -0.3 is 15.0 Å². The maximum atomic E-state index is 13.1. The van der Waals surface area contributed by atoms with Crippen LogP contribution in [0.2, 0.25) is 0 Å². The van der Waals surface area contributed by atoms with Gasteiger partial charge in [-0.15, -0.1) is 0 Å². The number of hydrogen-bond donors (Lipinski definition) is 1. The lowest BCUT2D eigenvalue weighted by Gasteiger charge is -2.30. The van der Waals surface area contributed by atoms with Crippen LogP contribution in [0.25, 0.3) is 0 Å². The highest BCUT2D eigenvalue weighted by Gasteiger charge is 2.28. The molecule has 6 heteroatoms. The molecule has 30 heavy (non-hydrogen) atoms. The van der Waals surface area contributed by atoms with E-state index in [1.165, 1.54) is 24.3 Å². The molecule has 162 valence electrons. The number of nitrogens with zero attached hydrogens (tertiary/aromatic N) is 1. The van der Waals surface area contributed by atoms with Crippen molar-refractivity contribution in [1.29, 1.82) is 0 Å². The minimum absolute atomic E-state index is 0.158. The van der Waals surface area contributed by atoms with Crippen molar-refractivity contribution in [2.75, 3.05) is 19.7 Å². The molecule has 0 fully saturated rings. The van der Waals surface area contributed by atoms with Crippen molar-refractivity contribution in [3.05, 3.63) is 66.0 Å². The molecule has 0 aliphatic heterocycles. The zero-order chi connectivity index (χ0) is 21.9. The summed E-state index contributed by atoms with van der Waals surface area (Å²) in [6.07, 6.45) is 1.14. The van der Waals surface area contributed by atoms with Crippen LogP contribution >= 0.6 is 0 Å². The van der Waals surface area contributed by atoms with E-state index >= 15 is 0 Å². The Kier molecular flexibility index (Phi) is 9.32. The predicted octanol–water partition coefficient (Wildman–Crippen LogP) is 3.83. The molecule has 2 rings (SSSR count). The fourth-order valence-corrected chi connectivity index (χ4v) is 3.08. The van der Waals surface area contributed by atoms with Crippen LogP contribution in [-0.2, 0) is 16.0 Å². The molecular weight excluding hydrogens is 383 g/mol. The van der Waals surface area contributed by atoms with Gasteiger partial charge >= 0.3 is 0 Å². The largest absolute Gasteiger partial charge is 0.484 e. The number of nitrogens with one attached hydrogen (secondary N) is 1. The molecule has 1 unspecified atom stereocenters. The smallest absolute Gasteiger partial charge is 0.261 e. The Hall–Kier alpha value is -2.89. The van der Waals surface area contributed by atoms with Crippen LogP contribution < -0.4 is 10.1 Å². The minimum atomic E-state index is -0.572. The molecule has 1 N–H and O–H groups in total. The number of carbonyl (C=O) groups excluding carboxylic acids is 2. The van der Waals surface area contributed by atoms with Gasteiger partial charge in [0.25, 0.3) is 5.91 Å². The first-order valence-corrected chi connectivity index (χ1v) is 10.4. The summed E-state index contributed by atoms with van der Waals surface area (Å²) in [6.45, 7) is 6.69. The highest BCUT2D eigenvalue weighted by molar-refractivity contribution is 5.88. The molecule has 0 heterocycles.